The number of fused-ring (bicyclic) bond motifs is 1. The van der Waals surface area contributed by atoms with E-state index in [9.17, 15) is 4.79 Å². The summed E-state index contributed by atoms with van der Waals surface area (Å²) in [4.78, 5) is 22.7. The lowest BCUT2D eigenvalue weighted by atomic mass is 9.96. The van der Waals surface area contributed by atoms with E-state index in [0.29, 0.717) is 37.9 Å². The monoisotopic (exact) mass is 404 g/mol. The molecule has 1 aromatic heterocycles. The maximum absolute atomic E-state index is 13.0. The van der Waals surface area contributed by atoms with Crippen LogP contribution in [-0.2, 0) is 9.57 Å². The molecular formula is C20H18Cl2N2O3. The quantitative estimate of drug-likeness (QED) is 0.433. The summed E-state index contributed by atoms with van der Waals surface area (Å²) in [6, 6.07) is 12.3. The molecule has 0 radical (unpaired) electrons. The first kappa shape index (κ1) is 19.4. The lowest BCUT2D eigenvalue weighted by Crippen LogP contribution is -2.15. The maximum Gasteiger partial charge on any atom is 0.339 e. The maximum atomic E-state index is 13.0. The highest BCUT2D eigenvalue weighted by Gasteiger charge is 2.24. The summed E-state index contributed by atoms with van der Waals surface area (Å²) in [6.45, 7) is 3.59. The summed E-state index contributed by atoms with van der Waals surface area (Å²) < 4.78 is 5.50. The second-order valence-electron chi connectivity index (χ2n) is 6.14. The number of aromatic nitrogens is 1. The molecule has 0 fully saturated rings. The lowest BCUT2D eigenvalue weighted by molar-refractivity contribution is 0.0381. The van der Waals surface area contributed by atoms with Crippen LogP contribution in [0.5, 0.6) is 0 Å². The first-order valence-electron chi connectivity index (χ1n) is 8.30. The van der Waals surface area contributed by atoms with Gasteiger partial charge in [0.2, 0.25) is 0 Å². The van der Waals surface area contributed by atoms with Crippen LogP contribution in [0.2, 0.25) is 10.0 Å². The third-order valence-corrected chi connectivity index (χ3v) is 4.31. The Bertz CT molecular complexity index is 989. The fourth-order valence-electron chi connectivity index (χ4n) is 2.79. The fourth-order valence-corrected chi connectivity index (χ4v) is 3.09. The van der Waals surface area contributed by atoms with Gasteiger partial charge in [-0.05, 0) is 49.7 Å². The van der Waals surface area contributed by atoms with Gasteiger partial charge in [-0.3, -0.25) is 4.84 Å². The molecule has 7 heteroatoms. The number of nitrogens with one attached hydrogen (secondary N) is 1. The molecule has 3 aromatic rings. The SMILES string of the molecule is CONc1nc2ccc(Cl)cc2c(C(=O)OC(C)C)c1-c1ccc(Cl)cc1. The Morgan fingerprint density at radius 1 is 1.07 bits per heavy atom. The molecule has 1 heterocycles. The van der Waals surface area contributed by atoms with Crippen LogP contribution < -0.4 is 5.48 Å². The summed E-state index contributed by atoms with van der Waals surface area (Å²) >= 11 is 12.2. The number of pyridine rings is 1. The highest BCUT2D eigenvalue weighted by molar-refractivity contribution is 6.32. The van der Waals surface area contributed by atoms with Crippen molar-refractivity contribution in [2.75, 3.05) is 12.6 Å². The number of ether oxygens (including phenoxy) is 1. The van der Waals surface area contributed by atoms with Gasteiger partial charge in [0.1, 0.15) is 0 Å². The number of nitrogens with zero attached hydrogens (tertiary/aromatic N) is 1. The highest BCUT2D eigenvalue weighted by atomic mass is 35.5. The van der Waals surface area contributed by atoms with Crippen LogP contribution in [-0.4, -0.2) is 24.2 Å². The summed E-state index contributed by atoms with van der Waals surface area (Å²) in [5.41, 5.74) is 5.00. The molecule has 0 aliphatic carbocycles. The standard InChI is InChI=1S/C20H18Cl2N2O3/c1-11(2)27-20(25)18-15-10-14(22)8-9-16(15)23-19(24-26-3)17(18)12-4-6-13(21)7-5-12/h4-11H,1-3H3,(H,23,24). The van der Waals surface area contributed by atoms with Crippen molar-refractivity contribution in [2.24, 2.45) is 0 Å². The largest absolute Gasteiger partial charge is 0.459 e. The van der Waals surface area contributed by atoms with Gasteiger partial charge >= 0.3 is 5.97 Å². The molecule has 0 amide bonds. The minimum absolute atomic E-state index is 0.281. The first-order valence-corrected chi connectivity index (χ1v) is 9.05. The molecule has 3 rings (SSSR count). The summed E-state index contributed by atoms with van der Waals surface area (Å²) in [5, 5.41) is 1.68. The van der Waals surface area contributed by atoms with Gasteiger partial charge in [-0.15, -0.1) is 0 Å². The molecule has 0 aliphatic heterocycles. The van der Waals surface area contributed by atoms with Gasteiger partial charge in [0.25, 0.3) is 0 Å². The van der Waals surface area contributed by atoms with Crippen molar-refractivity contribution in [2.45, 2.75) is 20.0 Å². The van der Waals surface area contributed by atoms with Gasteiger partial charge in [-0.25, -0.2) is 15.3 Å². The van der Waals surface area contributed by atoms with Crippen LogP contribution in [0.4, 0.5) is 5.82 Å². The van der Waals surface area contributed by atoms with Crippen molar-refractivity contribution in [3.63, 3.8) is 0 Å². The third kappa shape index (κ3) is 4.16. The first-order chi connectivity index (χ1) is 12.9. The predicted molar refractivity (Wildman–Crippen MR) is 108 cm³/mol. The molecule has 5 nitrogen and oxygen atoms in total. The fraction of sp³-hybridized carbons (Fsp3) is 0.200. The van der Waals surface area contributed by atoms with Crippen molar-refractivity contribution < 1.29 is 14.4 Å². The molecule has 0 aliphatic rings. The zero-order valence-corrected chi connectivity index (χ0v) is 16.6. The average molecular weight is 405 g/mol. The number of halogens is 2. The molecule has 0 bridgehead atoms. The number of esters is 1. The Kier molecular flexibility index (Phi) is 5.85. The molecule has 2 aromatic carbocycles. The van der Waals surface area contributed by atoms with E-state index in [2.05, 4.69) is 10.5 Å². The second-order valence-corrected chi connectivity index (χ2v) is 7.01. The molecule has 0 saturated carbocycles. The van der Waals surface area contributed by atoms with Crippen LogP contribution in [0.3, 0.4) is 0 Å². The van der Waals surface area contributed by atoms with Gasteiger partial charge in [0.05, 0.1) is 24.3 Å². The van der Waals surface area contributed by atoms with Crippen LogP contribution in [0, 0.1) is 0 Å². The van der Waals surface area contributed by atoms with Crippen molar-refractivity contribution in [1.29, 1.82) is 0 Å². The zero-order chi connectivity index (χ0) is 19.6. The molecule has 140 valence electrons. The Morgan fingerprint density at radius 2 is 1.74 bits per heavy atom. The Balaban J connectivity index is 2.39. The molecule has 27 heavy (non-hydrogen) atoms. The van der Waals surface area contributed by atoms with E-state index in [1.54, 1.807) is 44.2 Å². The van der Waals surface area contributed by atoms with Gasteiger partial charge in [-0.2, -0.15) is 0 Å². The summed E-state index contributed by atoms with van der Waals surface area (Å²) in [7, 11) is 1.48. The van der Waals surface area contributed by atoms with E-state index in [1.807, 2.05) is 12.1 Å². The number of rotatable bonds is 5. The average Bonchev–Trinajstić information content (AvgIpc) is 2.61. The third-order valence-electron chi connectivity index (χ3n) is 3.83. The van der Waals surface area contributed by atoms with Gasteiger partial charge in [0.15, 0.2) is 5.82 Å². The lowest BCUT2D eigenvalue weighted by Gasteiger charge is -2.18. The van der Waals surface area contributed by atoms with Crippen LogP contribution >= 0.6 is 23.2 Å². The summed E-state index contributed by atoms with van der Waals surface area (Å²) in [5.74, 6) is -0.0749. The van der Waals surface area contributed by atoms with E-state index < -0.39 is 5.97 Å². The minimum Gasteiger partial charge on any atom is -0.459 e. The molecule has 1 N–H and O–H groups in total. The van der Waals surface area contributed by atoms with Crippen LogP contribution in [0.25, 0.3) is 22.0 Å². The van der Waals surface area contributed by atoms with Crippen molar-refractivity contribution in [3.8, 4) is 11.1 Å². The van der Waals surface area contributed by atoms with Crippen molar-refractivity contribution in [3.05, 3.63) is 58.1 Å². The smallest absolute Gasteiger partial charge is 0.339 e. The van der Waals surface area contributed by atoms with E-state index in [1.165, 1.54) is 7.11 Å². The van der Waals surface area contributed by atoms with E-state index in [0.717, 1.165) is 5.56 Å². The van der Waals surface area contributed by atoms with Crippen molar-refractivity contribution >= 4 is 45.9 Å². The molecular weight excluding hydrogens is 387 g/mol. The predicted octanol–water partition coefficient (Wildman–Crippen LogP) is 5.75. The Morgan fingerprint density at radius 3 is 2.37 bits per heavy atom. The number of carbonyl (C=O) groups excluding carboxylic acids is 1. The van der Waals surface area contributed by atoms with Gasteiger partial charge in [-0.1, -0.05) is 35.3 Å². The Hall–Kier alpha value is -2.34. The van der Waals surface area contributed by atoms with Gasteiger partial charge < -0.3 is 4.74 Å². The van der Waals surface area contributed by atoms with E-state index in [4.69, 9.17) is 32.8 Å². The number of benzene rings is 2. The van der Waals surface area contributed by atoms with Gasteiger partial charge in [0, 0.05) is 21.0 Å². The van der Waals surface area contributed by atoms with Crippen molar-refractivity contribution in [1.82, 2.24) is 4.98 Å². The number of hydrogen-bond donors (Lipinski definition) is 1. The van der Waals surface area contributed by atoms with Crippen LogP contribution in [0.15, 0.2) is 42.5 Å². The normalized spacial score (nSPS) is 11.0. The molecule has 0 saturated heterocycles. The minimum atomic E-state index is -0.469. The van der Waals surface area contributed by atoms with Crippen LogP contribution in [0.1, 0.15) is 24.2 Å². The summed E-state index contributed by atoms with van der Waals surface area (Å²) in [6.07, 6.45) is -0.281. The molecule has 0 spiro atoms. The van der Waals surface area contributed by atoms with E-state index >= 15 is 0 Å². The second kappa shape index (κ2) is 8.13. The number of hydrogen-bond acceptors (Lipinski definition) is 5. The molecule has 0 atom stereocenters. The number of anilines is 1. The zero-order valence-electron chi connectivity index (χ0n) is 15.0. The molecule has 0 unspecified atom stereocenters. The highest BCUT2D eigenvalue weighted by Crippen LogP contribution is 2.37. The Labute approximate surface area is 167 Å². The van der Waals surface area contributed by atoms with E-state index in [-0.39, 0.29) is 6.10 Å². The number of carbonyl (C=O) groups is 1. The topological polar surface area (TPSA) is 60.5 Å².